The fourth-order valence-electron chi connectivity index (χ4n) is 5.29. The molecule has 2 aliphatic carbocycles. The molecule has 0 aromatic heterocycles. The molecule has 0 spiro atoms. The van der Waals surface area contributed by atoms with E-state index >= 15 is 0 Å². The average molecular weight is 479 g/mol. The summed E-state index contributed by atoms with van der Waals surface area (Å²) in [5.41, 5.74) is -0.448. The Morgan fingerprint density at radius 2 is 1.00 bits per heavy atom. The third-order valence-corrected chi connectivity index (χ3v) is 8.17. The number of ether oxygens (including phenoxy) is 2. The van der Waals surface area contributed by atoms with E-state index in [9.17, 15) is 14.4 Å². The third kappa shape index (κ3) is 9.00. The van der Waals surface area contributed by atoms with Gasteiger partial charge in [-0.25, -0.2) is 0 Å². The van der Waals surface area contributed by atoms with E-state index in [-0.39, 0.29) is 22.8 Å². The standard InChI is InChI=1S/C29H50O5/c1-3-5-23-33-26(31)28(19-13-20-28)17-11-7-9-15-25(30)16-10-8-12-18-29(21-14-22-29)27(32)34-24-6-4-2/h3-24H2,1-2H3. The molecule has 196 valence electrons. The number of unbranched alkanes of at least 4 members (excludes halogenated alkanes) is 6. The summed E-state index contributed by atoms with van der Waals surface area (Å²) in [5.74, 6) is 0.386. The second-order valence-electron chi connectivity index (χ2n) is 10.9. The van der Waals surface area contributed by atoms with Gasteiger partial charge in [-0.05, 0) is 64.2 Å². The van der Waals surface area contributed by atoms with Gasteiger partial charge in [-0.2, -0.15) is 0 Å². The maximum Gasteiger partial charge on any atom is 0.312 e. The van der Waals surface area contributed by atoms with Crippen molar-refractivity contribution in [1.29, 1.82) is 0 Å². The van der Waals surface area contributed by atoms with E-state index < -0.39 is 0 Å². The van der Waals surface area contributed by atoms with E-state index in [4.69, 9.17) is 9.47 Å². The van der Waals surface area contributed by atoms with E-state index in [0.29, 0.717) is 31.8 Å². The topological polar surface area (TPSA) is 69.7 Å². The molecule has 5 heteroatoms. The minimum atomic E-state index is -0.224. The first-order valence-electron chi connectivity index (χ1n) is 14.3. The lowest BCUT2D eigenvalue weighted by atomic mass is 9.66. The normalized spacial score (nSPS) is 17.9. The Bertz CT molecular complexity index is 566. The number of carbonyl (C=O) groups excluding carboxylic acids is 3. The molecule has 2 aliphatic rings. The average Bonchev–Trinajstić information content (AvgIpc) is 2.76. The van der Waals surface area contributed by atoms with Gasteiger partial charge in [0, 0.05) is 12.8 Å². The van der Waals surface area contributed by atoms with Crippen LogP contribution < -0.4 is 0 Å². The molecule has 34 heavy (non-hydrogen) atoms. The maximum atomic E-state index is 12.4. The van der Waals surface area contributed by atoms with Crippen LogP contribution in [0.4, 0.5) is 0 Å². The molecule has 0 unspecified atom stereocenters. The van der Waals surface area contributed by atoms with Gasteiger partial charge in [0.2, 0.25) is 0 Å². The van der Waals surface area contributed by atoms with Crippen molar-refractivity contribution in [2.24, 2.45) is 10.8 Å². The van der Waals surface area contributed by atoms with Crippen molar-refractivity contribution in [3.8, 4) is 0 Å². The summed E-state index contributed by atoms with van der Waals surface area (Å²) in [6.07, 6.45) is 19.1. The van der Waals surface area contributed by atoms with Crippen LogP contribution in [0.1, 0.15) is 142 Å². The number of hydrogen-bond acceptors (Lipinski definition) is 5. The summed E-state index contributed by atoms with van der Waals surface area (Å²) in [4.78, 5) is 37.1. The van der Waals surface area contributed by atoms with Crippen molar-refractivity contribution in [2.75, 3.05) is 13.2 Å². The highest BCUT2D eigenvalue weighted by atomic mass is 16.5. The van der Waals surface area contributed by atoms with Crippen molar-refractivity contribution in [3.63, 3.8) is 0 Å². The van der Waals surface area contributed by atoms with Crippen LogP contribution in [0.5, 0.6) is 0 Å². The summed E-state index contributed by atoms with van der Waals surface area (Å²) >= 11 is 0. The van der Waals surface area contributed by atoms with Crippen molar-refractivity contribution < 1.29 is 23.9 Å². The van der Waals surface area contributed by atoms with Gasteiger partial charge in [-0.15, -0.1) is 0 Å². The van der Waals surface area contributed by atoms with Crippen molar-refractivity contribution in [2.45, 2.75) is 142 Å². The fourth-order valence-corrected chi connectivity index (χ4v) is 5.29. The van der Waals surface area contributed by atoms with Crippen LogP contribution in [0.15, 0.2) is 0 Å². The van der Waals surface area contributed by atoms with Gasteiger partial charge in [0.05, 0.1) is 24.0 Å². The Kier molecular flexibility index (Phi) is 13.2. The van der Waals surface area contributed by atoms with Crippen molar-refractivity contribution in [3.05, 3.63) is 0 Å². The highest BCUT2D eigenvalue weighted by Gasteiger charge is 2.45. The van der Waals surface area contributed by atoms with Gasteiger partial charge >= 0.3 is 11.9 Å². The summed E-state index contributed by atoms with van der Waals surface area (Å²) < 4.78 is 11.0. The summed E-state index contributed by atoms with van der Waals surface area (Å²) in [7, 11) is 0. The SMILES string of the molecule is CCCCOC(=O)C1(CCCCCC(=O)CCCCCC2(C(=O)OCCCC)CCC2)CCC1. The van der Waals surface area contributed by atoms with E-state index in [1.54, 1.807) is 0 Å². The van der Waals surface area contributed by atoms with Gasteiger partial charge in [-0.1, -0.05) is 65.2 Å². The zero-order valence-electron chi connectivity index (χ0n) is 22.1. The molecule has 0 radical (unpaired) electrons. The number of rotatable bonds is 20. The molecule has 0 aromatic carbocycles. The van der Waals surface area contributed by atoms with Gasteiger partial charge in [-0.3, -0.25) is 14.4 Å². The predicted molar refractivity (Wildman–Crippen MR) is 135 cm³/mol. The smallest absolute Gasteiger partial charge is 0.312 e. The number of esters is 2. The molecule has 0 aromatic rings. The molecular formula is C29H50O5. The molecule has 2 saturated carbocycles. The van der Waals surface area contributed by atoms with E-state index in [1.807, 2.05) is 0 Å². The minimum absolute atomic E-state index is 0.0150. The first-order valence-corrected chi connectivity index (χ1v) is 14.3. The van der Waals surface area contributed by atoms with Crippen molar-refractivity contribution >= 4 is 17.7 Å². The molecule has 2 fully saturated rings. The highest BCUT2D eigenvalue weighted by molar-refractivity contribution is 5.79. The van der Waals surface area contributed by atoms with E-state index in [0.717, 1.165) is 116 Å². The molecular weight excluding hydrogens is 428 g/mol. The largest absolute Gasteiger partial charge is 0.465 e. The molecule has 0 amide bonds. The zero-order valence-corrected chi connectivity index (χ0v) is 22.1. The van der Waals surface area contributed by atoms with Crippen LogP contribution in [-0.4, -0.2) is 30.9 Å². The zero-order chi connectivity index (χ0) is 24.7. The van der Waals surface area contributed by atoms with Crippen LogP contribution in [0.3, 0.4) is 0 Å². The molecule has 0 bridgehead atoms. The lowest BCUT2D eigenvalue weighted by molar-refractivity contribution is -0.163. The first-order chi connectivity index (χ1) is 16.5. The number of carbonyl (C=O) groups is 3. The van der Waals surface area contributed by atoms with Gasteiger partial charge < -0.3 is 9.47 Å². The fraction of sp³-hybridized carbons (Fsp3) is 0.897. The quantitative estimate of drug-likeness (QED) is 0.134. The molecule has 0 saturated heterocycles. The molecule has 5 nitrogen and oxygen atoms in total. The molecule has 0 heterocycles. The van der Waals surface area contributed by atoms with Crippen LogP contribution in [0.2, 0.25) is 0 Å². The Morgan fingerprint density at radius 3 is 1.32 bits per heavy atom. The van der Waals surface area contributed by atoms with E-state index in [1.165, 1.54) is 0 Å². The highest BCUT2D eigenvalue weighted by Crippen LogP contribution is 2.47. The minimum Gasteiger partial charge on any atom is -0.465 e. The lowest BCUT2D eigenvalue weighted by Crippen LogP contribution is -2.39. The molecule has 0 atom stereocenters. The van der Waals surface area contributed by atoms with Gasteiger partial charge in [0.1, 0.15) is 5.78 Å². The third-order valence-electron chi connectivity index (χ3n) is 8.17. The first kappa shape index (κ1) is 28.8. The Balaban J connectivity index is 1.50. The van der Waals surface area contributed by atoms with E-state index in [2.05, 4.69) is 13.8 Å². The molecule has 0 aliphatic heterocycles. The van der Waals surface area contributed by atoms with Crippen LogP contribution in [-0.2, 0) is 23.9 Å². The monoisotopic (exact) mass is 478 g/mol. The predicted octanol–water partition coefficient (Wildman–Crippen LogP) is 7.48. The van der Waals surface area contributed by atoms with Crippen LogP contribution in [0, 0.1) is 10.8 Å². The second-order valence-corrected chi connectivity index (χ2v) is 10.9. The van der Waals surface area contributed by atoms with Crippen LogP contribution >= 0.6 is 0 Å². The molecule has 0 N–H and O–H groups in total. The lowest BCUT2D eigenvalue weighted by Gasteiger charge is -2.39. The Labute approximate surface area is 208 Å². The molecule has 2 rings (SSSR count). The number of Topliss-reactive ketones (excluding diaryl/α,β-unsaturated/α-hetero) is 1. The summed E-state index contributed by atoms with van der Waals surface area (Å²) in [6, 6.07) is 0. The van der Waals surface area contributed by atoms with Crippen LogP contribution in [0.25, 0.3) is 0 Å². The Morgan fingerprint density at radius 1 is 0.588 bits per heavy atom. The Hall–Kier alpha value is -1.39. The number of ketones is 1. The van der Waals surface area contributed by atoms with Crippen molar-refractivity contribution in [1.82, 2.24) is 0 Å². The van der Waals surface area contributed by atoms with Gasteiger partial charge in [0.25, 0.3) is 0 Å². The van der Waals surface area contributed by atoms with Gasteiger partial charge in [0.15, 0.2) is 0 Å². The maximum absolute atomic E-state index is 12.4. The summed E-state index contributed by atoms with van der Waals surface area (Å²) in [6.45, 7) is 5.31. The summed E-state index contributed by atoms with van der Waals surface area (Å²) in [5, 5.41) is 0. The number of hydrogen-bond donors (Lipinski definition) is 0. The second kappa shape index (κ2) is 15.6.